The normalized spacial score (nSPS) is 16.0. The molecule has 0 bridgehead atoms. The Balaban J connectivity index is 1.28. The highest BCUT2D eigenvalue weighted by molar-refractivity contribution is 7.18. The number of carbonyl (C=O) groups excluding carboxylic acids is 1. The number of alkyl halides is 3. The maximum Gasteiger partial charge on any atom is 0.416 e. The second-order valence-electron chi connectivity index (χ2n) is 8.37. The van der Waals surface area contributed by atoms with Gasteiger partial charge in [-0.25, -0.2) is 4.98 Å². The van der Waals surface area contributed by atoms with Crippen LogP contribution in [0.15, 0.2) is 48.5 Å². The van der Waals surface area contributed by atoms with Gasteiger partial charge in [0.15, 0.2) is 0 Å². The van der Waals surface area contributed by atoms with Gasteiger partial charge >= 0.3 is 6.18 Å². The largest absolute Gasteiger partial charge is 0.416 e. The molecule has 0 radical (unpaired) electrons. The quantitative estimate of drug-likeness (QED) is 0.417. The molecular formula is C25H28F3N3O2S. The van der Waals surface area contributed by atoms with Crippen LogP contribution in [0, 0.1) is 0 Å². The number of amides is 1. The number of nitrogens with zero attached hydrogens (tertiary/aromatic N) is 2. The molecule has 5 nitrogen and oxygen atoms in total. The average molecular weight is 492 g/mol. The summed E-state index contributed by atoms with van der Waals surface area (Å²) in [6.45, 7) is 2.82. The SMILES string of the molecule is O=C(CCCCc1nc2ccccc2s1)NCC(c1ccc(C(F)(F)F)cc1)N1CCOCC1. The summed E-state index contributed by atoms with van der Waals surface area (Å²) in [5, 5.41) is 4.07. The van der Waals surface area contributed by atoms with Crippen molar-refractivity contribution in [3.63, 3.8) is 0 Å². The Kier molecular flexibility index (Phi) is 8.18. The third kappa shape index (κ3) is 6.55. The first kappa shape index (κ1) is 24.6. The van der Waals surface area contributed by atoms with E-state index in [-0.39, 0.29) is 11.9 Å². The number of aryl methyl sites for hydroxylation is 1. The molecule has 1 aliphatic rings. The fourth-order valence-corrected chi connectivity index (χ4v) is 5.14. The van der Waals surface area contributed by atoms with Gasteiger partial charge in [-0.05, 0) is 49.1 Å². The Labute approximate surface area is 200 Å². The van der Waals surface area contributed by atoms with Crippen LogP contribution in [-0.4, -0.2) is 48.6 Å². The topological polar surface area (TPSA) is 54.5 Å². The monoisotopic (exact) mass is 491 g/mol. The minimum Gasteiger partial charge on any atom is -0.379 e. The third-order valence-corrected chi connectivity index (χ3v) is 7.08. The lowest BCUT2D eigenvalue weighted by Gasteiger charge is -2.35. The molecule has 3 aromatic rings. The molecule has 9 heteroatoms. The molecule has 1 aliphatic heterocycles. The second kappa shape index (κ2) is 11.3. The Morgan fingerprint density at radius 2 is 1.82 bits per heavy atom. The maximum absolute atomic E-state index is 13.0. The standard InChI is InChI=1S/C25H28F3N3O2S/c26-25(27,28)19-11-9-18(10-12-19)21(31-13-15-33-16-14-31)17-29-23(32)7-3-4-8-24-30-20-5-1-2-6-22(20)34-24/h1-2,5-6,9-12,21H,3-4,7-8,13-17H2,(H,29,32). The van der Waals surface area contributed by atoms with Gasteiger partial charge in [-0.3, -0.25) is 9.69 Å². The molecular weight excluding hydrogens is 463 g/mol. The first-order chi connectivity index (χ1) is 16.4. The van der Waals surface area contributed by atoms with Gasteiger partial charge < -0.3 is 10.1 Å². The lowest BCUT2D eigenvalue weighted by atomic mass is 10.0. The molecule has 1 atom stereocenters. The summed E-state index contributed by atoms with van der Waals surface area (Å²) in [4.78, 5) is 19.3. The Hall–Kier alpha value is -2.49. The number of carbonyl (C=O) groups is 1. The number of nitrogens with one attached hydrogen (secondary N) is 1. The molecule has 4 rings (SSSR count). The number of ether oxygens (including phenoxy) is 1. The first-order valence-electron chi connectivity index (χ1n) is 11.5. The summed E-state index contributed by atoms with van der Waals surface area (Å²) in [6.07, 6.45) is -1.49. The summed E-state index contributed by atoms with van der Waals surface area (Å²) in [6, 6.07) is 13.1. The number of para-hydroxylation sites is 1. The van der Waals surface area contributed by atoms with E-state index in [0.29, 0.717) is 39.3 Å². The van der Waals surface area contributed by atoms with Gasteiger partial charge in [0.1, 0.15) is 0 Å². The van der Waals surface area contributed by atoms with E-state index in [2.05, 4.69) is 21.3 Å². The molecule has 0 aliphatic carbocycles. The highest BCUT2D eigenvalue weighted by Crippen LogP contribution is 2.31. The van der Waals surface area contributed by atoms with Crippen molar-refractivity contribution in [2.75, 3.05) is 32.8 Å². The number of unbranched alkanes of at least 4 members (excludes halogenated alkanes) is 1. The zero-order valence-electron chi connectivity index (χ0n) is 18.8. The number of hydrogen-bond acceptors (Lipinski definition) is 5. The van der Waals surface area contributed by atoms with Crippen LogP contribution in [0.2, 0.25) is 0 Å². The number of aromatic nitrogens is 1. The minimum atomic E-state index is -4.37. The van der Waals surface area contributed by atoms with Crippen LogP contribution in [0.5, 0.6) is 0 Å². The van der Waals surface area contributed by atoms with Gasteiger partial charge in [-0.2, -0.15) is 13.2 Å². The Morgan fingerprint density at radius 3 is 2.53 bits per heavy atom. The van der Waals surface area contributed by atoms with Crippen molar-refractivity contribution in [3.05, 3.63) is 64.7 Å². The van der Waals surface area contributed by atoms with Crippen LogP contribution in [0.25, 0.3) is 10.2 Å². The van der Waals surface area contributed by atoms with Gasteiger partial charge in [0.25, 0.3) is 0 Å². The molecule has 2 heterocycles. The molecule has 1 fully saturated rings. The van der Waals surface area contributed by atoms with E-state index in [0.717, 1.165) is 47.5 Å². The molecule has 0 spiro atoms. The van der Waals surface area contributed by atoms with E-state index in [9.17, 15) is 18.0 Å². The van der Waals surface area contributed by atoms with E-state index in [1.807, 2.05) is 18.2 Å². The van der Waals surface area contributed by atoms with Crippen molar-refractivity contribution >= 4 is 27.5 Å². The Bertz CT molecular complexity index is 1050. The van der Waals surface area contributed by atoms with E-state index in [1.54, 1.807) is 11.3 Å². The van der Waals surface area contributed by atoms with Crippen LogP contribution >= 0.6 is 11.3 Å². The first-order valence-corrected chi connectivity index (χ1v) is 12.3. The summed E-state index contributed by atoms with van der Waals surface area (Å²) in [5.74, 6) is -0.0468. The van der Waals surface area contributed by atoms with Crippen LogP contribution in [0.4, 0.5) is 13.2 Å². The van der Waals surface area contributed by atoms with Crippen molar-refractivity contribution in [1.82, 2.24) is 15.2 Å². The van der Waals surface area contributed by atoms with Crippen LogP contribution in [-0.2, 0) is 22.1 Å². The number of fused-ring (bicyclic) bond motifs is 1. The van der Waals surface area contributed by atoms with Gasteiger partial charge in [-0.1, -0.05) is 24.3 Å². The lowest BCUT2D eigenvalue weighted by Crippen LogP contribution is -2.43. The van der Waals surface area contributed by atoms with Gasteiger partial charge in [0, 0.05) is 26.1 Å². The van der Waals surface area contributed by atoms with E-state index in [1.165, 1.54) is 16.8 Å². The zero-order valence-corrected chi connectivity index (χ0v) is 19.6. The van der Waals surface area contributed by atoms with Gasteiger partial charge in [0.2, 0.25) is 5.91 Å². The zero-order chi connectivity index (χ0) is 24.0. The molecule has 182 valence electrons. The highest BCUT2D eigenvalue weighted by atomic mass is 32.1. The summed E-state index contributed by atoms with van der Waals surface area (Å²) in [5.41, 5.74) is 1.10. The maximum atomic E-state index is 13.0. The summed E-state index contributed by atoms with van der Waals surface area (Å²) < 4.78 is 45.4. The number of rotatable bonds is 9. The number of benzene rings is 2. The molecule has 1 aromatic heterocycles. The molecule has 34 heavy (non-hydrogen) atoms. The van der Waals surface area contributed by atoms with E-state index >= 15 is 0 Å². The molecule has 1 unspecified atom stereocenters. The smallest absolute Gasteiger partial charge is 0.379 e. The van der Waals surface area contributed by atoms with E-state index in [4.69, 9.17) is 4.74 Å². The Morgan fingerprint density at radius 1 is 1.09 bits per heavy atom. The van der Waals surface area contributed by atoms with Crippen LogP contribution in [0.3, 0.4) is 0 Å². The molecule has 1 saturated heterocycles. The fraction of sp³-hybridized carbons (Fsp3) is 0.440. The molecule has 1 amide bonds. The fourth-order valence-electron chi connectivity index (χ4n) is 4.13. The van der Waals surface area contributed by atoms with E-state index < -0.39 is 11.7 Å². The minimum absolute atomic E-state index is 0.0468. The number of halogens is 3. The molecule has 1 N–H and O–H groups in total. The van der Waals surface area contributed by atoms with Crippen molar-refractivity contribution in [2.24, 2.45) is 0 Å². The lowest BCUT2D eigenvalue weighted by molar-refractivity contribution is -0.137. The molecule has 0 saturated carbocycles. The second-order valence-corrected chi connectivity index (χ2v) is 9.49. The van der Waals surface area contributed by atoms with Crippen molar-refractivity contribution in [2.45, 2.75) is 37.9 Å². The van der Waals surface area contributed by atoms with Crippen LogP contribution < -0.4 is 5.32 Å². The molecule has 2 aromatic carbocycles. The summed E-state index contributed by atoms with van der Waals surface area (Å²) >= 11 is 1.69. The van der Waals surface area contributed by atoms with Crippen LogP contribution in [0.1, 0.15) is 41.4 Å². The van der Waals surface area contributed by atoms with Crippen molar-refractivity contribution in [3.8, 4) is 0 Å². The average Bonchev–Trinajstić information content (AvgIpc) is 3.25. The summed E-state index contributed by atoms with van der Waals surface area (Å²) in [7, 11) is 0. The van der Waals surface area contributed by atoms with Crippen molar-refractivity contribution < 1.29 is 22.7 Å². The van der Waals surface area contributed by atoms with Gasteiger partial charge in [-0.15, -0.1) is 11.3 Å². The number of morpholine rings is 1. The predicted octanol–water partition coefficient (Wildman–Crippen LogP) is 5.22. The number of hydrogen-bond donors (Lipinski definition) is 1. The highest BCUT2D eigenvalue weighted by Gasteiger charge is 2.31. The third-order valence-electron chi connectivity index (χ3n) is 5.98. The van der Waals surface area contributed by atoms with Gasteiger partial charge in [0.05, 0.1) is 40.0 Å². The van der Waals surface area contributed by atoms with Crippen molar-refractivity contribution in [1.29, 1.82) is 0 Å². The predicted molar refractivity (Wildman–Crippen MR) is 127 cm³/mol. The number of thiazole rings is 1.